The first kappa shape index (κ1) is 14.2. The van der Waals surface area contributed by atoms with Gasteiger partial charge in [-0.2, -0.15) is 0 Å². The summed E-state index contributed by atoms with van der Waals surface area (Å²) in [7, 11) is 1.78. The molecule has 2 unspecified atom stereocenters. The fraction of sp³-hybridized carbons (Fsp3) is 0.647. The molecule has 1 N–H and O–H groups in total. The van der Waals surface area contributed by atoms with E-state index in [9.17, 15) is 0 Å². The van der Waals surface area contributed by atoms with Crippen molar-refractivity contribution in [3.05, 3.63) is 29.3 Å². The summed E-state index contributed by atoms with van der Waals surface area (Å²) in [5.41, 5.74) is 3.64. The zero-order valence-electron chi connectivity index (χ0n) is 12.2. The van der Waals surface area contributed by atoms with E-state index in [4.69, 9.17) is 4.74 Å². The third kappa shape index (κ3) is 1.88. The van der Waals surface area contributed by atoms with Gasteiger partial charge < -0.3 is 10.1 Å². The zero-order valence-corrected chi connectivity index (χ0v) is 13.0. The lowest BCUT2D eigenvalue weighted by atomic mass is 9.53. The van der Waals surface area contributed by atoms with E-state index in [1.54, 1.807) is 18.2 Å². The lowest BCUT2D eigenvalue weighted by Crippen LogP contribution is -2.59. The summed E-state index contributed by atoms with van der Waals surface area (Å²) in [6.45, 7) is 1.19. The van der Waals surface area contributed by atoms with Crippen LogP contribution in [0.25, 0.3) is 0 Å². The van der Waals surface area contributed by atoms with Crippen molar-refractivity contribution in [2.75, 3.05) is 13.7 Å². The number of halogens is 1. The fourth-order valence-corrected chi connectivity index (χ4v) is 5.03. The van der Waals surface area contributed by atoms with Crippen molar-refractivity contribution in [1.29, 1.82) is 0 Å². The molecular weight excluding hydrogens is 270 g/mol. The molecule has 0 spiro atoms. The lowest BCUT2D eigenvalue weighted by Gasteiger charge is -2.56. The molecule has 1 saturated heterocycles. The SMILES string of the molecule is COc1ccc2c(c1)[C@@]13CCCCC1C(C2)NCC3.Cl. The van der Waals surface area contributed by atoms with Gasteiger partial charge in [0, 0.05) is 11.5 Å². The highest BCUT2D eigenvalue weighted by Gasteiger charge is 2.51. The van der Waals surface area contributed by atoms with Crippen molar-refractivity contribution in [3.8, 4) is 5.75 Å². The molecule has 20 heavy (non-hydrogen) atoms. The summed E-state index contributed by atoms with van der Waals surface area (Å²) in [4.78, 5) is 0. The van der Waals surface area contributed by atoms with Crippen LogP contribution in [0.5, 0.6) is 5.75 Å². The fourth-order valence-electron chi connectivity index (χ4n) is 5.03. The van der Waals surface area contributed by atoms with Crippen LogP contribution < -0.4 is 10.1 Å². The lowest BCUT2D eigenvalue weighted by molar-refractivity contribution is 0.0795. The first-order valence-corrected chi connectivity index (χ1v) is 7.74. The molecule has 4 rings (SSSR count). The van der Waals surface area contributed by atoms with E-state index in [0.717, 1.165) is 17.7 Å². The van der Waals surface area contributed by atoms with E-state index in [2.05, 4.69) is 23.5 Å². The zero-order chi connectivity index (χ0) is 12.9. The van der Waals surface area contributed by atoms with Crippen LogP contribution in [-0.4, -0.2) is 19.7 Å². The van der Waals surface area contributed by atoms with Crippen LogP contribution in [0.1, 0.15) is 43.2 Å². The molecule has 2 fully saturated rings. The van der Waals surface area contributed by atoms with Crippen LogP contribution in [0.15, 0.2) is 18.2 Å². The number of methoxy groups -OCH3 is 1. The highest BCUT2D eigenvalue weighted by molar-refractivity contribution is 5.85. The number of fused-ring (bicyclic) bond motifs is 1. The van der Waals surface area contributed by atoms with E-state index in [-0.39, 0.29) is 12.4 Å². The highest BCUT2D eigenvalue weighted by Crippen LogP contribution is 2.54. The van der Waals surface area contributed by atoms with Crippen molar-refractivity contribution in [2.45, 2.75) is 50.0 Å². The third-order valence-corrected chi connectivity index (χ3v) is 5.85. The Morgan fingerprint density at radius 3 is 3.00 bits per heavy atom. The summed E-state index contributed by atoms with van der Waals surface area (Å²) in [6, 6.07) is 7.50. The van der Waals surface area contributed by atoms with Gasteiger partial charge in [0.25, 0.3) is 0 Å². The minimum atomic E-state index is 0. The van der Waals surface area contributed by atoms with Gasteiger partial charge in [0.2, 0.25) is 0 Å². The Labute approximate surface area is 127 Å². The second-order valence-corrected chi connectivity index (χ2v) is 6.55. The summed E-state index contributed by atoms with van der Waals surface area (Å²) >= 11 is 0. The standard InChI is InChI=1S/C17H23NO.ClH/c1-19-13-6-5-12-10-16-14-4-2-3-7-17(14,8-9-18-16)15(12)11-13;/h5-6,11,14,16,18H,2-4,7-10H2,1H3;1H/t14?,16?,17-;/m1./s1. The number of benzene rings is 1. The molecule has 0 radical (unpaired) electrons. The largest absolute Gasteiger partial charge is 0.497 e. The maximum Gasteiger partial charge on any atom is 0.119 e. The van der Waals surface area contributed by atoms with Crippen LogP contribution in [-0.2, 0) is 11.8 Å². The van der Waals surface area contributed by atoms with Gasteiger partial charge in [-0.05, 0) is 61.4 Å². The second kappa shape index (κ2) is 5.23. The number of rotatable bonds is 1. The average Bonchev–Trinajstić information content (AvgIpc) is 2.47. The van der Waals surface area contributed by atoms with Gasteiger partial charge in [-0.25, -0.2) is 0 Å². The monoisotopic (exact) mass is 293 g/mol. The Hall–Kier alpha value is -0.730. The molecule has 2 nitrogen and oxygen atoms in total. The Bertz CT molecular complexity index is 500. The molecule has 1 saturated carbocycles. The molecule has 1 heterocycles. The summed E-state index contributed by atoms with van der Waals surface area (Å²) in [6.07, 6.45) is 8.15. The molecule has 0 aromatic heterocycles. The van der Waals surface area contributed by atoms with Gasteiger partial charge in [0.1, 0.15) is 5.75 Å². The van der Waals surface area contributed by atoms with Crippen molar-refractivity contribution < 1.29 is 4.74 Å². The number of hydrogen-bond donors (Lipinski definition) is 1. The average molecular weight is 294 g/mol. The van der Waals surface area contributed by atoms with Crippen molar-refractivity contribution >= 4 is 12.4 Å². The molecule has 1 aliphatic heterocycles. The Morgan fingerprint density at radius 2 is 2.15 bits per heavy atom. The summed E-state index contributed by atoms with van der Waals surface area (Å²) in [5.74, 6) is 1.89. The van der Waals surface area contributed by atoms with Crippen LogP contribution in [0, 0.1) is 5.92 Å². The summed E-state index contributed by atoms with van der Waals surface area (Å²) < 4.78 is 5.48. The van der Waals surface area contributed by atoms with E-state index in [1.165, 1.54) is 45.1 Å². The quantitative estimate of drug-likeness (QED) is 0.856. The Morgan fingerprint density at radius 1 is 1.25 bits per heavy atom. The normalized spacial score (nSPS) is 34.5. The predicted octanol–water partition coefficient (Wildman–Crippen LogP) is 3.46. The second-order valence-electron chi connectivity index (χ2n) is 6.55. The molecular formula is C17H24ClNO. The number of ether oxygens (including phenoxy) is 1. The number of nitrogens with one attached hydrogen (secondary N) is 1. The molecule has 0 amide bonds. The van der Waals surface area contributed by atoms with Gasteiger partial charge in [-0.1, -0.05) is 18.9 Å². The molecule has 3 heteroatoms. The van der Waals surface area contributed by atoms with E-state index < -0.39 is 0 Å². The van der Waals surface area contributed by atoms with Crippen LogP contribution >= 0.6 is 12.4 Å². The highest BCUT2D eigenvalue weighted by atomic mass is 35.5. The molecule has 1 aromatic rings. The number of piperidine rings is 1. The van der Waals surface area contributed by atoms with Crippen molar-refractivity contribution in [3.63, 3.8) is 0 Å². The Balaban J connectivity index is 0.00000121. The van der Waals surface area contributed by atoms with Gasteiger partial charge in [-0.15, -0.1) is 12.4 Å². The van der Waals surface area contributed by atoms with Gasteiger partial charge >= 0.3 is 0 Å². The van der Waals surface area contributed by atoms with E-state index in [1.807, 2.05) is 0 Å². The minimum Gasteiger partial charge on any atom is -0.497 e. The predicted molar refractivity (Wildman–Crippen MR) is 84.0 cm³/mol. The molecule has 2 bridgehead atoms. The minimum absolute atomic E-state index is 0. The molecule has 3 aliphatic rings. The third-order valence-electron chi connectivity index (χ3n) is 5.85. The van der Waals surface area contributed by atoms with Crippen molar-refractivity contribution in [1.82, 2.24) is 5.32 Å². The number of hydrogen-bond acceptors (Lipinski definition) is 2. The first-order valence-electron chi connectivity index (χ1n) is 7.74. The summed E-state index contributed by atoms with van der Waals surface area (Å²) in [5, 5.41) is 3.78. The topological polar surface area (TPSA) is 21.3 Å². The van der Waals surface area contributed by atoms with Crippen molar-refractivity contribution in [2.24, 2.45) is 5.92 Å². The molecule has 110 valence electrons. The molecule has 2 aliphatic carbocycles. The molecule has 3 atom stereocenters. The van der Waals surface area contributed by atoms with Gasteiger partial charge in [-0.3, -0.25) is 0 Å². The first-order chi connectivity index (χ1) is 9.33. The Kier molecular flexibility index (Phi) is 3.72. The smallest absolute Gasteiger partial charge is 0.119 e. The van der Waals surface area contributed by atoms with Gasteiger partial charge in [0.05, 0.1) is 7.11 Å². The van der Waals surface area contributed by atoms with Crippen LogP contribution in [0.3, 0.4) is 0 Å². The van der Waals surface area contributed by atoms with Crippen LogP contribution in [0.2, 0.25) is 0 Å². The maximum absolute atomic E-state index is 5.48. The van der Waals surface area contributed by atoms with E-state index in [0.29, 0.717) is 5.41 Å². The maximum atomic E-state index is 5.48. The molecule has 1 aromatic carbocycles. The van der Waals surface area contributed by atoms with Gasteiger partial charge in [0.15, 0.2) is 0 Å². The van der Waals surface area contributed by atoms with Crippen LogP contribution in [0.4, 0.5) is 0 Å². The van der Waals surface area contributed by atoms with E-state index >= 15 is 0 Å².